The molecule has 7 nitrogen and oxygen atoms in total. The quantitative estimate of drug-likeness (QED) is 0.272. The van der Waals surface area contributed by atoms with Crippen molar-refractivity contribution >= 4 is 26.2 Å². The van der Waals surface area contributed by atoms with Crippen molar-refractivity contribution in [1.82, 2.24) is 0 Å². The number of aryl methyl sites for hydroxylation is 1. The zero-order chi connectivity index (χ0) is 14.7. The molecule has 0 fully saturated rings. The van der Waals surface area contributed by atoms with Gasteiger partial charge in [0.05, 0.1) is 0 Å². The van der Waals surface area contributed by atoms with E-state index in [0.717, 1.165) is 0 Å². The van der Waals surface area contributed by atoms with Gasteiger partial charge in [-0.1, -0.05) is 0 Å². The molecular formula is C10H15NO6PS+. The second kappa shape index (κ2) is 6.02. The number of hydrogen-bond acceptors (Lipinski definition) is 4. The van der Waals surface area contributed by atoms with E-state index >= 15 is 0 Å². The first-order chi connectivity index (χ1) is 8.70. The molecule has 0 aliphatic carbocycles. The van der Waals surface area contributed by atoms with Crippen molar-refractivity contribution in [2.24, 2.45) is 0 Å². The van der Waals surface area contributed by atoms with Gasteiger partial charge in [0.25, 0.3) is 5.34 Å². The maximum Gasteiger partial charge on any atom is 0.368 e. The van der Waals surface area contributed by atoms with Crippen LogP contribution in [0.2, 0.25) is 0 Å². The summed E-state index contributed by atoms with van der Waals surface area (Å²) >= 11 is 4.04. The highest BCUT2D eigenvalue weighted by atomic mass is 32.1. The molecule has 0 aromatic carbocycles. The lowest BCUT2D eigenvalue weighted by Gasteiger charge is -2.23. The number of pyridine rings is 1. The van der Waals surface area contributed by atoms with Crippen molar-refractivity contribution in [3.05, 3.63) is 30.1 Å². The first kappa shape index (κ1) is 16.1. The number of carbonyl (C=O) groups is 1. The summed E-state index contributed by atoms with van der Waals surface area (Å²) in [6, 6.07) is 3.08. The normalized spacial score (nSPS) is 14.9. The predicted molar refractivity (Wildman–Crippen MR) is 68.8 cm³/mol. The van der Waals surface area contributed by atoms with Crippen LogP contribution in [-0.4, -0.2) is 37.1 Å². The Hall–Kier alpha value is -0.920. The molecule has 4 N–H and O–H groups in total. The fourth-order valence-corrected chi connectivity index (χ4v) is 2.39. The molecule has 0 aliphatic heterocycles. The maximum absolute atomic E-state index is 11.2. The fourth-order valence-electron chi connectivity index (χ4n) is 1.52. The third kappa shape index (κ3) is 3.77. The average Bonchev–Trinajstić information content (AvgIpc) is 2.28. The van der Waals surface area contributed by atoms with Gasteiger partial charge < -0.3 is 20.0 Å². The van der Waals surface area contributed by atoms with Gasteiger partial charge in [0.1, 0.15) is 0 Å². The van der Waals surface area contributed by atoms with Crippen molar-refractivity contribution in [2.75, 3.05) is 5.75 Å². The average molecular weight is 308 g/mol. The standard InChI is InChI=1S/C10H14NO6PS/c12-9(13)10(14,18(15,16)17)6-8-2-1-3-11(7-8)4-5-19/h1-3,7,14H,4-6H2,(H3-,12,13,15,16,17,19)/p+1. The molecule has 1 aromatic rings. The van der Waals surface area contributed by atoms with Crippen molar-refractivity contribution in [3.8, 4) is 0 Å². The van der Waals surface area contributed by atoms with E-state index < -0.39 is 25.3 Å². The minimum Gasteiger partial charge on any atom is -0.479 e. The molecule has 1 unspecified atom stereocenters. The molecule has 1 aromatic heterocycles. The number of nitrogens with zero attached hydrogens (tertiary/aromatic N) is 1. The monoisotopic (exact) mass is 308 g/mol. The molecule has 0 saturated heterocycles. The number of hydrogen-bond donors (Lipinski definition) is 5. The van der Waals surface area contributed by atoms with E-state index in [1.165, 1.54) is 12.3 Å². The van der Waals surface area contributed by atoms with Gasteiger partial charge in [-0.25, -0.2) is 9.36 Å². The summed E-state index contributed by atoms with van der Waals surface area (Å²) in [7, 11) is -5.21. The Bertz CT molecular complexity index is 518. The first-order valence-electron chi connectivity index (χ1n) is 5.31. The van der Waals surface area contributed by atoms with Gasteiger partial charge in [-0.15, -0.1) is 0 Å². The Kier molecular flexibility index (Phi) is 5.11. The predicted octanol–water partition coefficient (Wildman–Crippen LogP) is -0.603. The molecule has 0 bridgehead atoms. The maximum atomic E-state index is 11.2. The summed E-state index contributed by atoms with van der Waals surface area (Å²) < 4.78 is 12.8. The largest absolute Gasteiger partial charge is 0.479 e. The third-order valence-electron chi connectivity index (χ3n) is 2.55. The van der Waals surface area contributed by atoms with Gasteiger partial charge in [-0.3, -0.25) is 4.57 Å². The number of aliphatic carboxylic acids is 1. The number of aliphatic hydroxyl groups is 1. The fraction of sp³-hybridized carbons (Fsp3) is 0.400. The molecule has 106 valence electrons. The van der Waals surface area contributed by atoms with E-state index in [2.05, 4.69) is 12.6 Å². The highest BCUT2D eigenvalue weighted by Gasteiger charge is 2.53. The molecule has 0 radical (unpaired) electrons. The molecule has 0 aliphatic rings. The van der Waals surface area contributed by atoms with Crippen LogP contribution in [0.3, 0.4) is 0 Å². The topological polar surface area (TPSA) is 119 Å². The summed E-state index contributed by atoms with van der Waals surface area (Å²) in [4.78, 5) is 28.9. The van der Waals surface area contributed by atoms with E-state index in [4.69, 9.17) is 14.9 Å². The van der Waals surface area contributed by atoms with Crippen LogP contribution in [0.5, 0.6) is 0 Å². The SMILES string of the molecule is O=C(O)C(O)(Cc1ccc[n+](CCS)c1)P(=O)(O)O. The van der Waals surface area contributed by atoms with Crippen LogP contribution in [0, 0.1) is 0 Å². The second-order valence-electron chi connectivity index (χ2n) is 4.02. The highest BCUT2D eigenvalue weighted by molar-refractivity contribution is 7.80. The Balaban J connectivity index is 3.08. The van der Waals surface area contributed by atoms with Crippen LogP contribution in [0.4, 0.5) is 0 Å². The smallest absolute Gasteiger partial charge is 0.368 e. The Morgan fingerprint density at radius 1 is 1.47 bits per heavy atom. The van der Waals surface area contributed by atoms with E-state index in [-0.39, 0.29) is 0 Å². The lowest BCUT2D eigenvalue weighted by molar-refractivity contribution is -0.692. The van der Waals surface area contributed by atoms with Crippen molar-refractivity contribution in [3.63, 3.8) is 0 Å². The lowest BCUT2D eigenvalue weighted by Crippen LogP contribution is -2.41. The summed E-state index contributed by atoms with van der Waals surface area (Å²) in [5.74, 6) is -1.40. The minimum atomic E-state index is -5.21. The van der Waals surface area contributed by atoms with E-state index in [9.17, 15) is 14.5 Å². The summed E-state index contributed by atoms with van der Waals surface area (Å²) in [6.07, 6.45) is 2.54. The van der Waals surface area contributed by atoms with E-state index in [1.54, 1.807) is 16.8 Å². The van der Waals surface area contributed by atoms with E-state index in [1.807, 2.05) is 0 Å². The molecule has 0 saturated carbocycles. The Morgan fingerprint density at radius 3 is 2.58 bits per heavy atom. The van der Waals surface area contributed by atoms with Gasteiger partial charge in [0, 0.05) is 23.8 Å². The zero-order valence-corrected chi connectivity index (χ0v) is 11.7. The lowest BCUT2D eigenvalue weighted by atomic mass is 10.1. The molecule has 9 heteroatoms. The molecular weight excluding hydrogens is 293 g/mol. The van der Waals surface area contributed by atoms with Gasteiger partial charge in [0.2, 0.25) is 0 Å². The molecule has 19 heavy (non-hydrogen) atoms. The van der Waals surface area contributed by atoms with Crippen LogP contribution in [-0.2, 0) is 22.3 Å². The highest BCUT2D eigenvalue weighted by Crippen LogP contribution is 2.50. The number of aromatic nitrogens is 1. The van der Waals surface area contributed by atoms with Gasteiger partial charge in [0.15, 0.2) is 18.9 Å². The van der Waals surface area contributed by atoms with Crippen molar-refractivity contribution < 1.29 is 33.9 Å². The number of carboxylic acids is 1. The zero-order valence-electron chi connectivity index (χ0n) is 9.88. The van der Waals surface area contributed by atoms with Crippen LogP contribution >= 0.6 is 20.2 Å². The van der Waals surface area contributed by atoms with Crippen LogP contribution in [0.15, 0.2) is 24.5 Å². The first-order valence-corrected chi connectivity index (χ1v) is 7.55. The summed E-state index contributed by atoms with van der Waals surface area (Å²) in [5, 5.41) is 15.4. The second-order valence-corrected chi connectivity index (χ2v) is 6.29. The third-order valence-corrected chi connectivity index (χ3v) is 4.07. The van der Waals surface area contributed by atoms with Crippen molar-refractivity contribution in [1.29, 1.82) is 0 Å². The minimum absolute atomic E-state index is 0.303. The van der Waals surface area contributed by atoms with Gasteiger partial charge in [-0.2, -0.15) is 12.6 Å². The van der Waals surface area contributed by atoms with Gasteiger partial charge in [-0.05, 0) is 6.07 Å². The van der Waals surface area contributed by atoms with Crippen LogP contribution in [0.25, 0.3) is 0 Å². The molecule has 1 heterocycles. The van der Waals surface area contributed by atoms with E-state index in [0.29, 0.717) is 17.9 Å². The van der Waals surface area contributed by atoms with Crippen LogP contribution in [0.1, 0.15) is 5.56 Å². The number of rotatable bonds is 6. The van der Waals surface area contributed by atoms with Gasteiger partial charge >= 0.3 is 13.6 Å². The van der Waals surface area contributed by atoms with Crippen molar-refractivity contribution in [2.45, 2.75) is 18.3 Å². The van der Waals surface area contributed by atoms with Crippen LogP contribution < -0.4 is 4.57 Å². The Labute approximate surface area is 115 Å². The molecule has 0 amide bonds. The number of carboxylic acid groups (broad SMARTS) is 1. The molecule has 0 spiro atoms. The molecule has 1 atom stereocenters. The number of thiol groups is 1. The summed E-state index contributed by atoms with van der Waals surface area (Å²) in [6.45, 7) is 0.554. The molecule has 1 rings (SSSR count). The Morgan fingerprint density at radius 2 is 2.11 bits per heavy atom. The summed E-state index contributed by atoms with van der Waals surface area (Å²) in [5.41, 5.74) is 0.303.